The lowest BCUT2D eigenvalue weighted by atomic mass is 9.97. The van der Waals surface area contributed by atoms with Crippen LogP contribution in [-0.4, -0.2) is 5.78 Å². The normalized spacial score (nSPS) is 15.1. The molecule has 1 nitrogen and oxygen atoms in total. The quantitative estimate of drug-likeness (QED) is 0.801. The lowest BCUT2D eigenvalue weighted by Gasteiger charge is -2.07. The zero-order valence-corrected chi connectivity index (χ0v) is 10.8. The summed E-state index contributed by atoms with van der Waals surface area (Å²) in [6, 6.07) is 20.5. The first-order valence-corrected chi connectivity index (χ1v) is 6.69. The maximum absolute atomic E-state index is 12.1. The van der Waals surface area contributed by atoms with Gasteiger partial charge in [0.25, 0.3) is 0 Å². The lowest BCUT2D eigenvalue weighted by Crippen LogP contribution is -2.00. The minimum absolute atomic E-state index is 0.308. The number of rotatable bonds is 3. The van der Waals surface area contributed by atoms with E-state index in [2.05, 4.69) is 24.3 Å². The van der Waals surface area contributed by atoms with Gasteiger partial charge in [0.2, 0.25) is 0 Å². The van der Waals surface area contributed by atoms with Gasteiger partial charge in [-0.15, -0.1) is 0 Å². The van der Waals surface area contributed by atoms with Gasteiger partial charge in [-0.1, -0.05) is 60.7 Å². The molecule has 0 aliphatic heterocycles. The van der Waals surface area contributed by atoms with Crippen molar-refractivity contribution in [2.24, 2.45) is 0 Å². The van der Waals surface area contributed by atoms with Gasteiger partial charge < -0.3 is 0 Å². The molecule has 2 aromatic carbocycles. The fourth-order valence-corrected chi connectivity index (χ4v) is 2.67. The molecule has 3 rings (SSSR count). The third-order valence-electron chi connectivity index (χ3n) is 3.65. The highest BCUT2D eigenvalue weighted by atomic mass is 16.1. The van der Waals surface area contributed by atoms with Crippen LogP contribution in [-0.2, 0) is 11.2 Å². The third kappa shape index (κ3) is 2.50. The predicted octanol–water partition coefficient (Wildman–Crippen LogP) is 4.05. The third-order valence-corrected chi connectivity index (χ3v) is 3.65. The summed E-state index contributed by atoms with van der Waals surface area (Å²) in [6.45, 7) is 0. The number of Topliss-reactive ketones (excluding diaryl/α,β-unsaturated/α-hetero) is 1. The first-order chi connectivity index (χ1) is 9.34. The van der Waals surface area contributed by atoms with E-state index >= 15 is 0 Å². The number of allylic oxidation sites excluding steroid dienone is 2. The van der Waals surface area contributed by atoms with Crippen molar-refractivity contribution >= 4 is 11.4 Å². The molecule has 0 atom stereocenters. The SMILES string of the molecule is O=C1CCC(c2ccccc2)=C1Cc1ccccc1. The van der Waals surface area contributed by atoms with Crippen molar-refractivity contribution in [3.63, 3.8) is 0 Å². The number of hydrogen-bond acceptors (Lipinski definition) is 1. The highest BCUT2D eigenvalue weighted by Gasteiger charge is 2.23. The van der Waals surface area contributed by atoms with Crippen LogP contribution in [0.25, 0.3) is 5.57 Å². The van der Waals surface area contributed by atoms with Gasteiger partial charge in [-0.3, -0.25) is 4.79 Å². The monoisotopic (exact) mass is 248 g/mol. The van der Waals surface area contributed by atoms with Crippen molar-refractivity contribution in [3.8, 4) is 0 Å². The Kier molecular flexibility index (Phi) is 3.28. The largest absolute Gasteiger partial charge is 0.295 e. The van der Waals surface area contributed by atoms with Crippen molar-refractivity contribution in [1.82, 2.24) is 0 Å². The molecule has 0 fully saturated rings. The average Bonchev–Trinajstić information content (AvgIpc) is 2.82. The molecule has 0 heterocycles. The van der Waals surface area contributed by atoms with E-state index in [1.54, 1.807) is 0 Å². The Morgan fingerprint density at radius 1 is 0.789 bits per heavy atom. The van der Waals surface area contributed by atoms with E-state index in [4.69, 9.17) is 0 Å². The highest BCUT2D eigenvalue weighted by molar-refractivity contribution is 6.07. The van der Waals surface area contributed by atoms with Crippen molar-refractivity contribution < 1.29 is 4.79 Å². The van der Waals surface area contributed by atoms with Gasteiger partial charge in [0, 0.05) is 18.4 Å². The Hall–Kier alpha value is -2.15. The Bertz CT molecular complexity index is 609. The number of ketones is 1. The van der Waals surface area contributed by atoms with Crippen LogP contribution in [0.5, 0.6) is 0 Å². The second kappa shape index (κ2) is 5.23. The summed E-state index contributed by atoms with van der Waals surface area (Å²) >= 11 is 0. The lowest BCUT2D eigenvalue weighted by molar-refractivity contribution is -0.115. The number of benzene rings is 2. The van der Waals surface area contributed by atoms with Gasteiger partial charge in [-0.05, 0) is 23.1 Å². The smallest absolute Gasteiger partial charge is 0.159 e. The number of carbonyl (C=O) groups excluding carboxylic acids is 1. The molecule has 2 aromatic rings. The zero-order valence-electron chi connectivity index (χ0n) is 10.8. The van der Waals surface area contributed by atoms with Crippen LogP contribution in [0, 0.1) is 0 Å². The first kappa shape index (κ1) is 11.9. The standard InChI is InChI=1S/C18H16O/c19-18-12-11-16(15-9-5-2-6-10-15)17(18)13-14-7-3-1-4-8-14/h1-10H,11-13H2. The molecule has 0 unspecified atom stereocenters. The van der Waals surface area contributed by atoms with Crippen molar-refractivity contribution in [2.75, 3.05) is 0 Å². The predicted molar refractivity (Wildman–Crippen MR) is 77.7 cm³/mol. The zero-order chi connectivity index (χ0) is 13.1. The maximum Gasteiger partial charge on any atom is 0.159 e. The van der Waals surface area contributed by atoms with Crippen molar-refractivity contribution in [3.05, 3.63) is 77.4 Å². The molecule has 1 aliphatic carbocycles. The van der Waals surface area contributed by atoms with Gasteiger partial charge >= 0.3 is 0 Å². The van der Waals surface area contributed by atoms with E-state index in [0.717, 1.165) is 18.4 Å². The molecule has 1 aliphatic rings. The summed E-state index contributed by atoms with van der Waals surface area (Å²) in [5.41, 5.74) is 4.63. The molecule has 94 valence electrons. The summed E-state index contributed by atoms with van der Waals surface area (Å²) < 4.78 is 0. The Morgan fingerprint density at radius 3 is 2.11 bits per heavy atom. The van der Waals surface area contributed by atoms with Crippen LogP contribution in [0.4, 0.5) is 0 Å². The highest BCUT2D eigenvalue weighted by Crippen LogP contribution is 2.33. The van der Waals surface area contributed by atoms with Crippen molar-refractivity contribution in [1.29, 1.82) is 0 Å². The molecule has 0 aromatic heterocycles. The van der Waals surface area contributed by atoms with Crippen LogP contribution >= 0.6 is 0 Å². The average molecular weight is 248 g/mol. The van der Waals surface area contributed by atoms with Crippen LogP contribution in [0.1, 0.15) is 24.0 Å². The minimum Gasteiger partial charge on any atom is -0.295 e. The first-order valence-electron chi connectivity index (χ1n) is 6.69. The van der Waals surface area contributed by atoms with Gasteiger partial charge in [0.1, 0.15) is 0 Å². The summed E-state index contributed by atoms with van der Waals surface area (Å²) in [5, 5.41) is 0. The maximum atomic E-state index is 12.1. The fraction of sp³-hybridized carbons (Fsp3) is 0.167. The topological polar surface area (TPSA) is 17.1 Å². The molecule has 1 heteroatoms. The molecule has 0 N–H and O–H groups in total. The van der Waals surface area contributed by atoms with Gasteiger partial charge in [0.15, 0.2) is 5.78 Å². The van der Waals surface area contributed by atoms with E-state index in [9.17, 15) is 4.79 Å². The molecule has 0 amide bonds. The van der Waals surface area contributed by atoms with Gasteiger partial charge in [0.05, 0.1) is 0 Å². The van der Waals surface area contributed by atoms with E-state index < -0.39 is 0 Å². The second-order valence-electron chi connectivity index (χ2n) is 4.91. The summed E-state index contributed by atoms with van der Waals surface area (Å²) in [7, 11) is 0. The molecule has 0 spiro atoms. The van der Waals surface area contributed by atoms with Gasteiger partial charge in [-0.2, -0.15) is 0 Å². The molecule has 0 radical (unpaired) electrons. The molecule has 0 saturated heterocycles. The van der Waals surface area contributed by atoms with Crippen LogP contribution in [0.15, 0.2) is 66.2 Å². The summed E-state index contributed by atoms with van der Waals surface area (Å²) in [4.78, 5) is 12.1. The number of hydrogen-bond donors (Lipinski definition) is 0. The van der Waals surface area contributed by atoms with Crippen LogP contribution < -0.4 is 0 Å². The van der Waals surface area contributed by atoms with E-state index in [1.165, 1.54) is 16.7 Å². The van der Waals surface area contributed by atoms with Gasteiger partial charge in [-0.25, -0.2) is 0 Å². The van der Waals surface area contributed by atoms with E-state index in [1.807, 2.05) is 36.4 Å². The Balaban J connectivity index is 1.98. The summed E-state index contributed by atoms with van der Waals surface area (Å²) in [5.74, 6) is 0.308. The molecule has 19 heavy (non-hydrogen) atoms. The minimum atomic E-state index is 0.308. The Labute approximate surface area is 113 Å². The second-order valence-corrected chi connectivity index (χ2v) is 4.91. The summed E-state index contributed by atoms with van der Waals surface area (Å²) in [6.07, 6.45) is 2.29. The Morgan fingerprint density at radius 2 is 1.42 bits per heavy atom. The van der Waals surface area contributed by atoms with E-state index in [0.29, 0.717) is 12.2 Å². The fourth-order valence-electron chi connectivity index (χ4n) is 2.67. The molecular weight excluding hydrogens is 232 g/mol. The molecular formula is C18H16O. The van der Waals surface area contributed by atoms with Crippen molar-refractivity contribution in [2.45, 2.75) is 19.3 Å². The van der Waals surface area contributed by atoms with E-state index in [-0.39, 0.29) is 0 Å². The molecule has 0 bridgehead atoms. The van der Waals surface area contributed by atoms with Crippen LogP contribution in [0.3, 0.4) is 0 Å². The van der Waals surface area contributed by atoms with Crippen LogP contribution in [0.2, 0.25) is 0 Å². The molecule has 0 saturated carbocycles. The number of carbonyl (C=O) groups is 1.